The molecule has 15 heavy (non-hydrogen) atoms. The Morgan fingerprint density at radius 3 is 2.87 bits per heavy atom. The second kappa shape index (κ2) is 5.46. The number of hydrogen-bond acceptors (Lipinski definition) is 3. The average molecular weight is 207 g/mol. The smallest absolute Gasteiger partial charge is 0.237 e. The molecule has 0 unspecified atom stereocenters. The lowest BCUT2D eigenvalue weighted by Gasteiger charge is -2.20. The lowest BCUT2D eigenvalue weighted by molar-refractivity contribution is -0.133. The largest absolute Gasteiger partial charge is 0.278 e. The van der Waals surface area contributed by atoms with Crippen LogP contribution in [-0.4, -0.2) is 21.9 Å². The summed E-state index contributed by atoms with van der Waals surface area (Å²) in [5.74, 6) is 5.56. The minimum atomic E-state index is -0.0335. The quantitative estimate of drug-likeness (QED) is 0.457. The molecule has 0 aromatic carbocycles. The third-order valence-electron chi connectivity index (χ3n) is 2.19. The summed E-state index contributed by atoms with van der Waals surface area (Å²) >= 11 is 0. The number of nitrogens with two attached hydrogens (primary N) is 1. The second-order valence-electron chi connectivity index (χ2n) is 3.76. The molecule has 0 atom stereocenters. The Morgan fingerprint density at radius 2 is 2.33 bits per heavy atom. The van der Waals surface area contributed by atoms with Gasteiger partial charge in [-0.2, -0.15) is 0 Å². The standard InChI is InChI=1S/C11H17N3O/c1-9(2)14(12)11(15)6-5-10-4-3-7-13-8-10/h3-4,7-9H,5-6,12H2,1-2H3. The molecule has 1 aromatic heterocycles. The molecule has 1 aromatic rings. The number of aryl methyl sites for hydroxylation is 1. The van der Waals surface area contributed by atoms with Crippen molar-refractivity contribution in [3.63, 3.8) is 0 Å². The average Bonchev–Trinajstić information content (AvgIpc) is 2.26. The van der Waals surface area contributed by atoms with Gasteiger partial charge in [0.2, 0.25) is 5.91 Å². The van der Waals surface area contributed by atoms with Gasteiger partial charge in [0, 0.05) is 24.9 Å². The maximum atomic E-state index is 11.5. The van der Waals surface area contributed by atoms with Crippen molar-refractivity contribution in [2.24, 2.45) is 5.84 Å². The fourth-order valence-corrected chi connectivity index (χ4v) is 1.21. The lowest BCUT2D eigenvalue weighted by Crippen LogP contribution is -2.42. The van der Waals surface area contributed by atoms with Crippen LogP contribution in [0.25, 0.3) is 0 Å². The van der Waals surface area contributed by atoms with Crippen molar-refractivity contribution in [2.75, 3.05) is 0 Å². The summed E-state index contributed by atoms with van der Waals surface area (Å²) in [5.41, 5.74) is 1.06. The molecular weight excluding hydrogens is 190 g/mol. The molecular formula is C11H17N3O. The highest BCUT2D eigenvalue weighted by atomic mass is 16.2. The zero-order valence-electron chi connectivity index (χ0n) is 9.18. The van der Waals surface area contributed by atoms with E-state index in [0.29, 0.717) is 12.8 Å². The van der Waals surface area contributed by atoms with Crippen LogP contribution < -0.4 is 5.84 Å². The van der Waals surface area contributed by atoms with E-state index in [-0.39, 0.29) is 11.9 Å². The van der Waals surface area contributed by atoms with Gasteiger partial charge in [0.05, 0.1) is 0 Å². The van der Waals surface area contributed by atoms with Crippen LogP contribution >= 0.6 is 0 Å². The summed E-state index contributed by atoms with van der Waals surface area (Å²) in [7, 11) is 0. The van der Waals surface area contributed by atoms with E-state index >= 15 is 0 Å². The molecule has 4 heteroatoms. The number of hydrazine groups is 1. The van der Waals surface area contributed by atoms with Gasteiger partial charge in [0.15, 0.2) is 0 Å². The molecule has 1 rings (SSSR count). The summed E-state index contributed by atoms with van der Waals surface area (Å²) in [5, 5.41) is 1.27. The van der Waals surface area contributed by atoms with Crippen LogP contribution in [0.5, 0.6) is 0 Å². The third-order valence-corrected chi connectivity index (χ3v) is 2.19. The molecule has 0 aliphatic rings. The van der Waals surface area contributed by atoms with Crippen LogP contribution in [0, 0.1) is 0 Å². The number of amides is 1. The molecule has 82 valence electrons. The van der Waals surface area contributed by atoms with Crippen molar-refractivity contribution in [1.29, 1.82) is 0 Å². The van der Waals surface area contributed by atoms with Gasteiger partial charge in [-0.05, 0) is 31.9 Å². The minimum Gasteiger partial charge on any atom is -0.278 e. The highest BCUT2D eigenvalue weighted by Crippen LogP contribution is 2.03. The summed E-state index contributed by atoms with van der Waals surface area (Å²) in [4.78, 5) is 15.5. The molecule has 0 aliphatic heterocycles. The van der Waals surface area contributed by atoms with Gasteiger partial charge in [-0.3, -0.25) is 14.8 Å². The van der Waals surface area contributed by atoms with E-state index in [2.05, 4.69) is 4.98 Å². The number of carbonyl (C=O) groups is 1. The van der Waals surface area contributed by atoms with Gasteiger partial charge >= 0.3 is 0 Å². The zero-order valence-corrected chi connectivity index (χ0v) is 9.18. The van der Waals surface area contributed by atoms with Crippen LogP contribution in [0.3, 0.4) is 0 Å². The first-order valence-electron chi connectivity index (χ1n) is 5.07. The summed E-state index contributed by atoms with van der Waals surface area (Å²) in [6.07, 6.45) is 4.60. The molecule has 0 bridgehead atoms. The highest BCUT2D eigenvalue weighted by molar-refractivity contribution is 5.76. The van der Waals surface area contributed by atoms with Gasteiger partial charge in [-0.15, -0.1) is 0 Å². The Bertz CT molecular complexity index is 311. The van der Waals surface area contributed by atoms with Crippen LogP contribution in [0.15, 0.2) is 24.5 Å². The van der Waals surface area contributed by atoms with Gasteiger partial charge in [-0.25, -0.2) is 5.84 Å². The number of rotatable bonds is 4. The van der Waals surface area contributed by atoms with Gasteiger partial charge < -0.3 is 0 Å². The van der Waals surface area contributed by atoms with E-state index < -0.39 is 0 Å². The molecule has 4 nitrogen and oxygen atoms in total. The molecule has 0 saturated heterocycles. The van der Waals surface area contributed by atoms with E-state index in [1.165, 1.54) is 5.01 Å². The highest BCUT2D eigenvalue weighted by Gasteiger charge is 2.12. The number of carbonyl (C=O) groups excluding carboxylic acids is 1. The number of hydrogen-bond donors (Lipinski definition) is 1. The Kier molecular flexibility index (Phi) is 4.24. The summed E-state index contributed by atoms with van der Waals surface area (Å²) in [6, 6.07) is 3.87. The lowest BCUT2D eigenvalue weighted by atomic mass is 10.1. The maximum Gasteiger partial charge on any atom is 0.237 e. The molecule has 1 amide bonds. The first kappa shape index (κ1) is 11.7. The fourth-order valence-electron chi connectivity index (χ4n) is 1.21. The zero-order chi connectivity index (χ0) is 11.3. The molecule has 2 N–H and O–H groups in total. The normalized spacial score (nSPS) is 10.4. The van der Waals surface area contributed by atoms with Crippen molar-refractivity contribution >= 4 is 5.91 Å². The Labute approximate surface area is 90.1 Å². The molecule has 1 heterocycles. The predicted octanol–water partition coefficient (Wildman–Crippen LogP) is 1.12. The van der Waals surface area contributed by atoms with E-state index in [4.69, 9.17) is 5.84 Å². The van der Waals surface area contributed by atoms with Crippen molar-refractivity contribution in [1.82, 2.24) is 9.99 Å². The number of pyridine rings is 1. The van der Waals surface area contributed by atoms with E-state index in [0.717, 1.165) is 5.56 Å². The molecule has 0 radical (unpaired) electrons. The van der Waals surface area contributed by atoms with Crippen LogP contribution in [-0.2, 0) is 11.2 Å². The second-order valence-corrected chi connectivity index (χ2v) is 3.76. The van der Waals surface area contributed by atoms with Gasteiger partial charge in [-0.1, -0.05) is 6.07 Å². The Balaban J connectivity index is 2.41. The monoisotopic (exact) mass is 207 g/mol. The van der Waals surface area contributed by atoms with Crippen molar-refractivity contribution in [3.05, 3.63) is 30.1 Å². The summed E-state index contributed by atoms with van der Waals surface area (Å²) < 4.78 is 0. The van der Waals surface area contributed by atoms with Crippen molar-refractivity contribution < 1.29 is 4.79 Å². The topological polar surface area (TPSA) is 59.2 Å². The van der Waals surface area contributed by atoms with Crippen molar-refractivity contribution in [3.8, 4) is 0 Å². The Morgan fingerprint density at radius 1 is 1.60 bits per heavy atom. The number of aromatic nitrogens is 1. The van der Waals surface area contributed by atoms with Gasteiger partial charge in [0.25, 0.3) is 0 Å². The minimum absolute atomic E-state index is 0.0335. The SMILES string of the molecule is CC(C)N(N)C(=O)CCc1cccnc1. The first-order chi connectivity index (χ1) is 7.11. The van der Waals surface area contributed by atoms with Gasteiger partial charge in [0.1, 0.15) is 0 Å². The molecule has 0 spiro atoms. The maximum absolute atomic E-state index is 11.5. The van der Waals surface area contributed by atoms with Crippen LogP contribution in [0.2, 0.25) is 0 Å². The predicted molar refractivity (Wildman–Crippen MR) is 58.7 cm³/mol. The van der Waals surface area contributed by atoms with Crippen molar-refractivity contribution in [2.45, 2.75) is 32.7 Å². The van der Waals surface area contributed by atoms with E-state index in [1.807, 2.05) is 26.0 Å². The fraction of sp³-hybridized carbons (Fsp3) is 0.455. The molecule has 0 fully saturated rings. The number of nitrogens with zero attached hydrogens (tertiary/aromatic N) is 2. The van der Waals surface area contributed by atoms with Crippen LogP contribution in [0.4, 0.5) is 0 Å². The van der Waals surface area contributed by atoms with E-state index in [9.17, 15) is 4.79 Å². The van der Waals surface area contributed by atoms with E-state index in [1.54, 1.807) is 12.4 Å². The summed E-state index contributed by atoms with van der Waals surface area (Å²) in [6.45, 7) is 3.78. The first-order valence-corrected chi connectivity index (χ1v) is 5.07. The third kappa shape index (κ3) is 3.67. The molecule has 0 saturated carbocycles. The Hall–Kier alpha value is -1.42. The molecule has 0 aliphatic carbocycles. The van der Waals surface area contributed by atoms with Crippen LogP contribution in [0.1, 0.15) is 25.8 Å².